The number of aromatic nitrogens is 4. The Kier molecular flexibility index (Phi) is 4.48. The third-order valence-electron chi connectivity index (χ3n) is 4.22. The van der Waals surface area contributed by atoms with Crippen LogP contribution in [0.4, 0.5) is 5.95 Å². The lowest BCUT2D eigenvalue weighted by molar-refractivity contribution is 0.512. The Morgan fingerprint density at radius 3 is 2.43 bits per heavy atom. The second kappa shape index (κ2) is 6.70. The lowest BCUT2D eigenvalue weighted by atomic mass is 10.1. The molecular formula is C16H23N5. The highest BCUT2D eigenvalue weighted by Crippen LogP contribution is 2.25. The van der Waals surface area contributed by atoms with Crippen molar-refractivity contribution in [1.29, 1.82) is 0 Å². The molecule has 1 aromatic heterocycles. The molecule has 1 aliphatic carbocycles. The quantitative estimate of drug-likeness (QED) is 0.810. The Labute approximate surface area is 126 Å². The van der Waals surface area contributed by atoms with Gasteiger partial charge in [0, 0.05) is 12.6 Å². The van der Waals surface area contributed by atoms with E-state index in [2.05, 4.69) is 50.6 Å². The molecule has 1 fully saturated rings. The van der Waals surface area contributed by atoms with E-state index in [9.17, 15) is 0 Å². The monoisotopic (exact) mass is 285 g/mol. The first-order valence-corrected chi connectivity index (χ1v) is 7.87. The third-order valence-corrected chi connectivity index (χ3v) is 4.22. The minimum atomic E-state index is 0.525. The van der Waals surface area contributed by atoms with Gasteiger partial charge in [0.15, 0.2) is 0 Å². The summed E-state index contributed by atoms with van der Waals surface area (Å²) in [5, 5.41) is 12.7. The van der Waals surface area contributed by atoms with Crippen LogP contribution in [0.1, 0.15) is 44.1 Å². The Hall–Kier alpha value is -1.91. The molecule has 5 heteroatoms. The number of tetrazole rings is 1. The van der Waals surface area contributed by atoms with Crippen LogP contribution in [0.3, 0.4) is 0 Å². The van der Waals surface area contributed by atoms with Gasteiger partial charge in [-0.25, -0.2) is 0 Å². The van der Waals surface area contributed by atoms with Crippen LogP contribution in [0.25, 0.3) is 0 Å². The fourth-order valence-electron chi connectivity index (χ4n) is 3.10. The summed E-state index contributed by atoms with van der Waals surface area (Å²) in [5.74, 6) is 0.758. The molecule has 5 nitrogen and oxygen atoms in total. The first kappa shape index (κ1) is 14.0. The zero-order chi connectivity index (χ0) is 14.5. The second-order valence-electron chi connectivity index (χ2n) is 5.84. The topological polar surface area (TPSA) is 46.8 Å². The summed E-state index contributed by atoms with van der Waals surface area (Å²) < 4.78 is 0. The maximum Gasteiger partial charge on any atom is 0.266 e. The van der Waals surface area contributed by atoms with Crippen LogP contribution < -0.4 is 4.90 Å². The molecule has 1 aromatic carbocycles. The molecule has 0 unspecified atom stereocenters. The lowest BCUT2D eigenvalue weighted by Gasteiger charge is -2.30. The largest absolute Gasteiger partial charge is 0.331 e. The number of nitrogens with zero attached hydrogens (tertiary/aromatic N) is 5. The summed E-state index contributed by atoms with van der Waals surface area (Å²) in [7, 11) is 1.82. The summed E-state index contributed by atoms with van der Waals surface area (Å²) in [6, 6.07) is 11.1. The Morgan fingerprint density at radius 2 is 1.81 bits per heavy atom. The summed E-state index contributed by atoms with van der Waals surface area (Å²) in [4.78, 5) is 3.89. The molecule has 0 atom stereocenters. The number of anilines is 1. The predicted molar refractivity (Wildman–Crippen MR) is 82.9 cm³/mol. The summed E-state index contributed by atoms with van der Waals surface area (Å²) in [6.07, 6.45) is 7.76. The molecule has 1 saturated carbocycles. The van der Waals surface area contributed by atoms with Gasteiger partial charge in [-0.15, -0.1) is 5.10 Å². The van der Waals surface area contributed by atoms with Gasteiger partial charge in [0.25, 0.3) is 5.95 Å². The summed E-state index contributed by atoms with van der Waals surface area (Å²) in [6.45, 7) is 0.858. The molecule has 0 saturated heterocycles. The van der Waals surface area contributed by atoms with Crippen LogP contribution in [-0.4, -0.2) is 26.2 Å². The average Bonchev–Trinajstić information content (AvgIpc) is 2.77. The Morgan fingerprint density at radius 1 is 1.10 bits per heavy atom. The maximum atomic E-state index is 4.43. The molecular weight excluding hydrogens is 262 g/mol. The van der Waals surface area contributed by atoms with Crippen LogP contribution in [-0.2, 0) is 13.6 Å². The molecule has 0 spiro atoms. The Bertz CT molecular complexity index is 543. The maximum absolute atomic E-state index is 4.43. The van der Waals surface area contributed by atoms with E-state index in [1.165, 1.54) is 44.1 Å². The van der Waals surface area contributed by atoms with E-state index in [1.807, 2.05) is 7.05 Å². The SMILES string of the molecule is Cn1nnc(N(Cc2ccccc2)C2CCCCCC2)n1. The minimum Gasteiger partial charge on any atom is -0.331 e. The van der Waals surface area contributed by atoms with Gasteiger partial charge < -0.3 is 4.90 Å². The lowest BCUT2D eigenvalue weighted by Crippen LogP contribution is -2.35. The molecule has 21 heavy (non-hydrogen) atoms. The van der Waals surface area contributed by atoms with Crippen molar-refractivity contribution in [2.45, 2.75) is 51.1 Å². The number of rotatable bonds is 4. The standard InChI is InChI=1S/C16H23N5/c1-20-18-16(17-19-20)21(13-14-9-5-4-6-10-14)15-11-7-2-3-8-12-15/h4-6,9-10,15H,2-3,7-8,11-13H2,1H3. The second-order valence-corrected chi connectivity index (χ2v) is 5.84. The van der Waals surface area contributed by atoms with Crippen LogP contribution in [0.2, 0.25) is 0 Å². The molecule has 0 bridgehead atoms. The van der Waals surface area contributed by atoms with E-state index >= 15 is 0 Å². The fourth-order valence-corrected chi connectivity index (χ4v) is 3.10. The van der Waals surface area contributed by atoms with Crippen molar-refractivity contribution in [3.63, 3.8) is 0 Å². The van der Waals surface area contributed by atoms with Gasteiger partial charge in [0.2, 0.25) is 0 Å². The summed E-state index contributed by atoms with van der Waals surface area (Å²) >= 11 is 0. The average molecular weight is 285 g/mol. The van der Waals surface area contributed by atoms with Crippen LogP contribution in [0.5, 0.6) is 0 Å². The smallest absolute Gasteiger partial charge is 0.266 e. The molecule has 0 aliphatic heterocycles. The van der Waals surface area contributed by atoms with Crippen molar-refractivity contribution in [2.75, 3.05) is 4.90 Å². The molecule has 112 valence electrons. The van der Waals surface area contributed by atoms with Crippen molar-refractivity contribution in [3.05, 3.63) is 35.9 Å². The van der Waals surface area contributed by atoms with Crippen LogP contribution in [0.15, 0.2) is 30.3 Å². The van der Waals surface area contributed by atoms with Crippen LogP contribution in [0, 0.1) is 0 Å². The number of hydrogen-bond acceptors (Lipinski definition) is 4. The van der Waals surface area contributed by atoms with Crippen molar-refractivity contribution in [1.82, 2.24) is 20.2 Å². The van der Waals surface area contributed by atoms with Crippen molar-refractivity contribution >= 4 is 5.95 Å². The first-order valence-electron chi connectivity index (χ1n) is 7.87. The minimum absolute atomic E-state index is 0.525. The van der Waals surface area contributed by atoms with Crippen molar-refractivity contribution in [2.24, 2.45) is 7.05 Å². The normalized spacial score (nSPS) is 16.6. The van der Waals surface area contributed by atoms with Crippen LogP contribution >= 0.6 is 0 Å². The molecule has 0 N–H and O–H groups in total. The van der Waals surface area contributed by atoms with Gasteiger partial charge in [-0.3, -0.25) is 0 Å². The van der Waals surface area contributed by atoms with E-state index in [0.29, 0.717) is 6.04 Å². The van der Waals surface area contributed by atoms with Gasteiger partial charge in [-0.2, -0.15) is 4.80 Å². The highest BCUT2D eigenvalue weighted by atomic mass is 15.6. The highest BCUT2D eigenvalue weighted by molar-refractivity contribution is 5.32. The van der Waals surface area contributed by atoms with E-state index in [1.54, 1.807) is 4.80 Å². The zero-order valence-corrected chi connectivity index (χ0v) is 12.6. The van der Waals surface area contributed by atoms with Crippen molar-refractivity contribution < 1.29 is 0 Å². The van der Waals surface area contributed by atoms with E-state index in [0.717, 1.165) is 12.5 Å². The number of aryl methyl sites for hydroxylation is 1. The van der Waals surface area contributed by atoms with Gasteiger partial charge in [-0.05, 0) is 23.6 Å². The van der Waals surface area contributed by atoms with E-state index in [4.69, 9.17) is 0 Å². The van der Waals surface area contributed by atoms with Crippen molar-refractivity contribution in [3.8, 4) is 0 Å². The molecule has 2 aromatic rings. The molecule has 0 amide bonds. The van der Waals surface area contributed by atoms with Gasteiger partial charge >= 0.3 is 0 Å². The predicted octanol–water partition coefficient (Wildman–Crippen LogP) is 2.94. The first-order chi connectivity index (χ1) is 10.3. The van der Waals surface area contributed by atoms with Gasteiger partial charge in [-0.1, -0.05) is 61.1 Å². The molecule has 1 aliphatic rings. The summed E-state index contributed by atoms with van der Waals surface area (Å²) in [5.41, 5.74) is 1.30. The van der Waals surface area contributed by atoms with Gasteiger partial charge in [0.05, 0.1) is 7.05 Å². The molecule has 0 radical (unpaired) electrons. The number of hydrogen-bond donors (Lipinski definition) is 0. The fraction of sp³-hybridized carbons (Fsp3) is 0.562. The van der Waals surface area contributed by atoms with E-state index in [-0.39, 0.29) is 0 Å². The number of benzene rings is 1. The highest BCUT2D eigenvalue weighted by Gasteiger charge is 2.23. The van der Waals surface area contributed by atoms with Gasteiger partial charge in [0.1, 0.15) is 0 Å². The zero-order valence-electron chi connectivity index (χ0n) is 12.6. The Balaban J connectivity index is 1.83. The molecule has 3 rings (SSSR count). The molecule has 1 heterocycles. The van der Waals surface area contributed by atoms with E-state index < -0.39 is 0 Å². The third kappa shape index (κ3) is 3.60.